The Morgan fingerprint density at radius 2 is 1.80 bits per heavy atom. The van der Waals surface area contributed by atoms with Crippen molar-refractivity contribution in [3.63, 3.8) is 0 Å². The molecule has 0 radical (unpaired) electrons. The number of anilines is 1. The summed E-state index contributed by atoms with van der Waals surface area (Å²) >= 11 is 0. The Kier molecular flexibility index (Phi) is 7.44. The molecule has 1 N–H and O–H groups in total. The standard InChI is InChI=1S/C32H45N7O2/c1-7-33-31-36(6)35-29(41-31)27-12-13-28(24(5)34-27)38-20-32(18-22(32)3)39(19-23(38)4)26-14-16-37(17-15-26)30(40)25-10-8-21(2)9-11-25/h8-13,22-23,26,31,33H,7,14-20H2,1-6H3/t22-,23+,31?,32?/m0/s1. The van der Waals surface area contributed by atoms with Crippen LogP contribution in [0.25, 0.3) is 0 Å². The van der Waals surface area contributed by atoms with Gasteiger partial charge in [0.15, 0.2) is 0 Å². The number of nitrogens with one attached hydrogen (secondary N) is 1. The molecule has 1 aliphatic carbocycles. The molecule has 1 aromatic heterocycles. The van der Waals surface area contributed by atoms with Gasteiger partial charge >= 0.3 is 0 Å². The fraction of sp³-hybridized carbons (Fsp3) is 0.594. The highest BCUT2D eigenvalue weighted by molar-refractivity contribution is 5.94. The summed E-state index contributed by atoms with van der Waals surface area (Å²) in [5.74, 6) is 1.39. The molecule has 3 fully saturated rings. The Bertz CT molecular complexity index is 1310. The predicted octanol–water partition coefficient (Wildman–Crippen LogP) is 3.81. The quantitative estimate of drug-likeness (QED) is 0.577. The molecule has 9 heteroatoms. The number of carbonyl (C=O) groups excluding carboxylic acids is 1. The predicted molar refractivity (Wildman–Crippen MR) is 162 cm³/mol. The number of piperazine rings is 1. The van der Waals surface area contributed by atoms with E-state index in [0.717, 1.165) is 62.5 Å². The van der Waals surface area contributed by atoms with Gasteiger partial charge in [-0.25, -0.2) is 9.99 Å². The lowest BCUT2D eigenvalue weighted by Gasteiger charge is -2.52. The normalized spacial score (nSPS) is 28.7. The summed E-state index contributed by atoms with van der Waals surface area (Å²) in [7, 11) is 1.91. The van der Waals surface area contributed by atoms with E-state index < -0.39 is 0 Å². The number of aromatic nitrogens is 1. The van der Waals surface area contributed by atoms with Crippen molar-refractivity contribution in [1.29, 1.82) is 0 Å². The van der Waals surface area contributed by atoms with Gasteiger partial charge in [-0.15, -0.1) is 5.10 Å². The minimum Gasteiger partial charge on any atom is -0.436 e. The SMILES string of the molecule is CCNC1OC(c2ccc(N3CC4(C[C@@H]4C)N(C4CCN(C(=O)c5ccc(C)cc5)CC4)C[C@H]3C)c(C)n2)=NN1C. The molecule has 2 unspecified atom stereocenters. The number of aryl methyl sites for hydroxylation is 2. The van der Waals surface area contributed by atoms with Gasteiger partial charge in [-0.05, 0) is 76.8 Å². The summed E-state index contributed by atoms with van der Waals surface area (Å²) in [4.78, 5) is 25.5. The maximum Gasteiger partial charge on any atom is 0.260 e. The van der Waals surface area contributed by atoms with Crippen molar-refractivity contribution in [2.75, 3.05) is 44.7 Å². The molecule has 1 aromatic carbocycles. The van der Waals surface area contributed by atoms with Gasteiger partial charge in [-0.1, -0.05) is 31.5 Å². The lowest BCUT2D eigenvalue weighted by atomic mass is 9.94. The lowest BCUT2D eigenvalue weighted by Crippen LogP contribution is -2.64. The molecule has 1 spiro atoms. The zero-order valence-electron chi connectivity index (χ0n) is 25.4. The summed E-state index contributed by atoms with van der Waals surface area (Å²) in [6, 6.07) is 13.1. The number of nitrogens with zero attached hydrogens (tertiary/aromatic N) is 6. The van der Waals surface area contributed by atoms with Crippen molar-refractivity contribution in [3.8, 4) is 0 Å². The van der Waals surface area contributed by atoms with E-state index in [0.29, 0.717) is 23.9 Å². The molecule has 41 heavy (non-hydrogen) atoms. The summed E-state index contributed by atoms with van der Waals surface area (Å²) < 4.78 is 6.01. The molecule has 1 saturated carbocycles. The lowest BCUT2D eigenvalue weighted by molar-refractivity contribution is 0.0326. The number of pyridine rings is 1. The minimum absolute atomic E-state index is 0.167. The third-order valence-corrected chi connectivity index (χ3v) is 9.69. The third-order valence-electron chi connectivity index (χ3n) is 9.69. The van der Waals surface area contributed by atoms with Crippen LogP contribution in [0, 0.1) is 19.8 Å². The maximum atomic E-state index is 13.1. The highest BCUT2D eigenvalue weighted by Gasteiger charge is 2.60. The van der Waals surface area contributed by atoms with Gasteiger partial charge < -0.3 is 14.5 Å². The first kappa shape index (κ1) is 28.0. The van der Waals surface area contributed by atoms with E-state index >= 15 is 0 Å². The zero-order chi connectivity index (χ0) is 28.9. The average Bonchev–Trinajstić information content (AvgIpc) is 3.45. The van der Waals surface area contributed by atoms with Crippen molar-refractivity contribution < 1.29 is 9.53 Å². The number of ether oxygens (including phenoxy) is 1. The second kappa shape index (κ2) is 10.9. The van der Waals surface area contributed by atoms with Crippen LogP contribution in [-0.4, -0.2) is 95.3 Å². The molecule has 6 rings (SSSR count). The molecule has 0 bridgehead atoms. The molecule has 1 amide bonds. The van der Waals surface area contributed by atoms with Crippen molar-refractivity contribution in [3.05, 3.63) is 58.9 Å². The minimum atomic E-state index is -0.256. The Balaban J connectivity index is 1.13. The van der Waals surface area contributed by atoms with Crippen molar-refractivity contribution in [2.45, 2.75) is 77.9 Å². The number of benzene rings is 1. The number of hydrogen-bond donors (Lipinski definition) is 1. The largest absolute Gasteiger partial charge is 0.436 e. The number of amides is 1. The van der Waals surface area contributed by atoms with Crippen molar-refractivity contribution >= 4 is 17.5 Å². The van der Waals surface area contributed by atoms with Crippen LogP contribution in [0.2, 0.25) is 0 Å². The number of hydrogen-bond acceptors (Lipinski definition) is 8. The van der Waals surface area contributed by atoms with E-state index in [-0.39, 0.29) is 17.8 Å². The van der Waals surface area contributed by atoms with Crippen LogP contribution < -0.4 is 10.2 Å². The Morgan fingerprint density at radius 3 is 2.44 bits per heavy atom. The molecular formula is C32H45N7O2. The van der Waals surface area contributed by atoms with E-state index in [1.165, 1.54) is 17.7 Å². The molecule has 4 atom stereocenters. The average molecular weight is 560 g/mol. The van der Waals surface area contributed by atoms with Crippen LogP contribution in [-0.2, 0) is 4.74 Å². The van der Waals surface area contributed by atoms with Crippen LogP contribution in [0.3, 0.4) is 0 Å². The molecule has 2 aromatic rings. The maximum absolute atomic E-state index is 13.1. The molecule has 4 aliphatic rings. The monoisotopic (exact) mass is 559 g/mol. The van der Waals surface area contributed by atoms with E-state index in [9.17, 15) is 4.79 Å². The summed E-state index contributed by atoms with van der Waals surface area (Å²) in [6.07, 6.45) is 3.05. The van der Waals surface area contributed by atoms with Crippen LogP contribution in [0.15, 0.2) is 41.5 Å². The molecular weight excluding hydrogens is 514 g/mol. The smallest absolute Gasteiger partial charge is 0.260 e. The van der Waals surface area contributed by atoms with E-state index in [2.05, 4.69) is 65.8 Å². The molecule has 2 saturated heterocycles. The first-order valence-corrected chi connectivity index (χ1v) is 15.3. The van der Waals surface area contributed by atoms with E-state index in [4.69, 9.17) is 9.72 Å². The zero-order valence-corrected chi connectivity index (χ0v) is 25.4. The number of piperidine rings is 1. The van der Waals surface area contributed by atoms with Crippen LogP contribution in [0.4, 0.5) is 5.69 Å². The van der Waals surface area contributed by atoms with Gasteiger partial charge in [0, 0.05) is 56.4 Å². The topological polar surface area (TPSA) is 76.5 Å². The van der Waals surface area contributed by atoms with Crippen molar-refractivity contribution in [1.82, 2.24) is 25.1 Å². The number of likely N-dealkylation sites (tertiary alicyclic amines) is 1. The highest BCUT2D eigenvalue weighted by atomic mass is 16.5. The fourth-order valence-corrected chi connectivity index (χ4v) is 7.13. The first-order chi connectivity index (χ1) is 19.7. The van der Waals surface area contributed by atoms with E-state index in [1.807, 2.05) is 37.4 Å². The van der Waals surface area contributed by atoms with Gasteiger partial charge in [0.2, 0.25) is 6.35 Å². The van der Waals surface area contributed by atoms with Gasteiger partial charge in [0.1, 0.15) is 5.69 Å². The molecule has 4 heterocycles. The van der Waals surface area contributed by atoms with Gasteiger partial charge in [0.25, 0.3) is 11.8 Å². The van der Waals surface area contributed by atoms with E-state index in [1.54, 1.807) is 5.01 Å². The fourth-order valence-electron chi connectivity index (χ4n) is 7.13. The summed E-state index contributed by atoms with van der Waals surface area (Å²) in [5.41, 5.74) is 5.16. The number of rotatable bonds is 6. The summed E-state index contributed by atoms with van der Waals surface area (Å²) in [5, 5.41) is 9.63. The van der Waals surface area contributed by atoms with Crippen LogP contribution >= 0.6 is 0 Å². The Morgan fingerprint density at radius 1 is 1.10 bits per heavy atom. The Hall–Kier alpha value is -3.17. The second-order valence-corrected chi connectivity index (χ2v) is 12.5. The highest BCUT2D eigenvalue weighted by Crippen LogP contribution is 2.53. The van der Waals surface area contributed by atoms with Gasteiger partial charge in [0.05, 0.1) is 11.4 Å². The second-order valence-electron chi connectivity index (χ2n) is 12.5. The molecule has 220 valence electrons. The summed E-state index contributed by atoms with van der Waals surface area (Å²) in [6.45, 7) is 15.5. The van der Waals surface area contributed by atoms with Crippen LogP contribution in [0.1, 0.15) is 67.3 Å². The number of carbonyl (C=O) groups is 1. The van der Waals surface area contributed by atoms with Gasteiger partial charge in [-0.3, -0.25) is 15.0 Å². The Labute approximate surface area is 244 Å². The van der Waals surface area contributed by atoms with Crippen LogP contribution in [0.5, 0.6) is 0 Å². The molecule has 3 aliphatic heterocycles. The van der Waals surface area contributed by atoms with Gasteiger partial charge in [-0.2, -0.15) is 0 Å². The number of hydrazone groups is 1. The van der Waals surface area contributed by atoms with Crippen molar-refractivity contribution in [2.24, 2.45) is 11.0 Å². The molecule has 9 nitrogen and oxygen atoms in total. The first-order valence-electron chi connectivity index (χ1n) is 15.3. The third kappa shape index (κ3) is 5.18.